The molecule has 11 nitrogen and oxygen atoms in total. The molecule has 14 heteroatoms. The molecular formula is C17H18FIN6O5S. The van der Waals surface area contributed by atoms with Crippen molar-refractivity contribution in [2.75, 3.05) is 19.1 Å². The zero-order valence-corrected chi connectivity index (χ0v) is 19.0. The summed E-state index contributed by atoms with van der Waals surface area (Å²) in [4.78, 5) is 12.0. The van der Waals surface area contributed by atoms with Crippen molar-refractivity contribution in [1.29, 1.82) is 0 Å². The van der Waals surface area contributed by atoms with Crippen molar-refractivity contribution in [3.05, 3.63) is 33.2 Å². The van der Waals surface area contributed by atoms with Crippen LogP contribution in [0, 0.1) is 9.65 Å². The number of benzene rings is 1. The molecule has 1 aliphatic rings. The number of imidazole rings is 1. The number of hydrogen-bond donors (Lipinski definition) is 2. The number of aromatic nitrogens is 4. The van der Waals surface area contributed by atoms with Gasteiger partial charge in [-0.15, -0.1) is 0 Å². The third-order valence-electron chi connectivity index (χ3n) is 4.59. The minimum absolute atomic E-state index is 0.0551. The first-order valence-corrected chi connectivity index (χ1v) is 11.7. The molecule has 4 N–H and O–H groups in total. The largest absolute Gasteiger partial charge is 0.454 e. The fourth-order valence-electron chi connectivity index (χ4n) is 3.22. The van der Waals surface area contributed by atoms with E-state index in [0.717, 1.165) is 9.13 Å². The zero-order chi connectivity index (χ0) is 22.2. The molecule has 0 bridgehead atoms. The van der Waals surface area contributed by atoms with Crippen molar-refractivity contribution in [3.8, 4) is 11.5 Å². The van der Waals surface area contributed by atoms with Crippen LogP contribution in [0.4, 0.5) is 10.2 Å². The monoisotopic (exact) mass is 564 g/mol. The highest BCUT2D eigenvalue weighted by Gasteiger charge is 2.21. The number of hydrogen-bond acceptors (Lipinski definition) is 9. The second-order valence-electron chi connectivity index (χ2n) is 6.73. The molecule has 3 heterocycles. The predicted octanol–water partition coefficient (Wildman–Crippen LogP) is 1.47. The topological polar surface area (TPSA) is 157 Å². The molecule has 3 aromatic rings. The lowest BCUT2D eigenvalue weighted by atomic mass is 10.1. The Hall–Kier alpha value is -2.30. The molecule has 0 unspecified atom stereocenters. The number of aryl methyl sites for hydroxylation is 1. The molecular weight excluding hydrogens is 546 g/mol. The first-order chi connectivity index (χ1) is 14.7. The molecule has 2 aromatic heterocycles. The molecule has 0 fully saturated rings. The van der Waals surface area contributed by atoms with Crippen LogP contribution in [0.25, 0.3) is 11.2 Å². The third kappa shape index (κ3) is 4.97. The van der Waals surface area contributed by atoms with Crippen molar-refractivity contribution in [2.24, 2.45) is 5.14 Å². The molecule has 4 rings (SSSR count). The number of rotatable bonds is 8. The molecule has 0 spiro atoms. The molecule has 1 aliphatic heterocycles. The van der Waals surface area contributed by atoms with E-state index >= 15 is 0 Å². The molecule has 0 amide bonds. The minimum atomic E-state index is -3.99. The summed E-state index contributed by atoms with van der Waals surface area (Å²) in [7, 11) is -3.99. The molecule has 1 aromatic carbocycles. The van der Waals surface area contributed by atoms with Gasteiger partial charge in [0.2, 0.25) is 6.79 Å². The van der Waals surface area contributed by atoms with Gasteiger partial charge in [0, 0.05) is 16.5 Å². The van der Waals surface area contributed by atoms with Crippen molar-refractivity contribution in [1.82, 2.24) is 19.5 Å². The van der Waals surface area contributed by atoms with E-state index < -0.39 is 16.4 Å². The molecule has 0 radical (unpaired) electrons. The summed E-state index contributed by atoms with van der Waals surface area (Å²) < 4.78 is 53.7. The molecule has 0 saturated carbocycles. The highest BCUT2D eigenvalue weighted by Crippen LogP contribution is 2.36. The lowest BCUT2D eigenvalue weighted by Gasteiger charge is -2.10. The summed E-state index contributed by atoms with van der Waals surface area (Å²) in [6, 6.07) is 3.76. The number of halogens is 2. The summed E-state index contributed by atoms with van der Waals surface area (Å²) in [6.45, 7) is 0.489. The van der Waals surface area contributed by atoms with Crippen LogP contribution in [0.1, 0.15) is 24.2 Å². The smallest absolute Gasteiger partial charge is 0.333 e. The van der Waals surface area contributed by atoms with Crippen molar-refractivity contribution in [2.45, 2.75) is 25.8 Å². The predicted molar refractivity (Wildman–Crippen MR) is 116 cm³/mol. The second kappa shape index (κ2) is 8.68. The van der Waals surface area contributed by atoms with Crippen LogP contribution in [0.15, 0.2) is 12.1 Å². The molecule has 0 saturated heterocycles. The van der Waals surface area contributed by atoms with Gasteiger partial charge in [0.1, 0.15) is 5.82 Å². The van der Waals surface area contributed by atoms with E-state index in [1.54, 1.807) is 4.57 Å². The van der Waals surface area contributed by atoms with Gasteiger partial charge in [0.25, 0.3) is 0 Å². The third-order valence-corrected chi connectivity index (χ3v) is 6.09. The number of nitrogens with zero attached hydrogens (tertiary/aromatic N) is 4. The highest BCUT2D eigenvalue weighted by atomic mass is 127. The van der Waals surface area contributed by atoms with Crippen LogP contribution in [0.5, 0.6) is 11.5 Å². The van der Waals surface area contributed by atoms with Gasteiger partial charge < -0.3 is 19.8 Å². The first kappa shape index (κ1) is 21.9. The Balaban J connectivity index is 1.63. The van der Waals surface area contributed by atoms with Crippen LogP contribution in [0.3, 0.4) is 0 Å². The standard InChI is InChI=1S/C17H18FIN6O5S/c18-17-23-15(20)14-16(24-17)25(3-1-2-4-30-31(21,26)27)13(22-14)6-9-5-11-12(7-10(9)19)29-8-28-11/h5,7H,1-4,6,8H2,(H2,20,23,24)(H2,21,26,27). The first-order valence-electron chi connectivity index (χ1n) is 9.14. The number of fused-ring (bicyclic) bond motifs is 2. The van der Waals surface area contributed by atoms with E-state index in [2.05, 4.69) is 41.7 Å². The van der Waals surface area contributed by atoms with Gasteiger partial charge in [0.15, 0.2) is 28.5 Å². The minimum Gasteiger partial charge on any atom is -0.454 e. The fourth-order valence-corrected chi connectivity index (χ4v) is 4.20. The highest BCUT2D eigenvalue weighted by molar-refractivity contribution is 14.1. The van der Waals surface area contributed by atoms with Crippen LogP contribution >= 0.6 is 22.6 Å². The van der Waals surface area contributed by atoms with Gasteiger partial charge in [-0.3, -0.25) is 4.18 Å². The Labute approximate surface area is 190 Å². The van der Waals surface area contributed by atoms with E-state index in [-0.39, 0.29) is 24.9 Å². The van der Waals surface area contributed by atoms with Crippen LogP contribution < -0.4 is 20.3 Å². The molecule has 0 atom stereocenters. The summed E-state index contributed by atoms with van der Waals surface area (Å²) in [5.74, 6) is 1.86. The maximum atomic E-state index is 13.8. The van der Waals surface area contributed by atoms with Crippen molar-refractivity contribution < 1.29 is 26.5 Å². The molecule has 166 valence electrons. The van der Waals surface area contributed by atoms with Gasteiger partial charge in [0.05, 0.1) is 6.61 Å². The summed E-state index contributed by atoms with van der Waals surface area (Å²) in [6.07, 6.45) is 0.366. The van der Waals surface area contributed by atoms with Gasteiger partial charge in [-0.05, 0) is 53.1 Å². The van der Waals surface area contributed by atoms with Crippen LogP contribution in [-0.4, -0.2) is 41.3 Å². The van der Waals surface area contributed by atoms with Crippen LogP contribution in [0.2, 0.25) is 0 Å². The Morgan fingerprint density at radius 1 is 1.19 bits per heavy atom. The maximum absolute atomic E-state index is 13.8. The number of unbranched alkanes of at least 4 members (excludes halogenated alkanes) is 1. The van der Waals surface area contributed by atoms with Crippen LogP contribution in [-0.2, 0) is 27.5 Å². The zero-order valence-electron chi connectivity index (χ0n) is 16.0. The van der Waals surface area contributed by atoms with E-state index in [9.17, 15) is 12.8 Å². The van der Waals surface area contributed by atoms with E-state index in [1.807, 2.05) is 12.1 Å². The van der Waals surface area contributed by atoms with Gasteiger partial charge >= 0.3 is 16.4 Å². The summed E-state index contributed by atoms with van der Waals surface area (Å²) in [5.41, 5.74) is 7.36. The second-order valence-corrected chi connectivity index (χ2v) is 9.11. The van der Waals surface area contributed by atoms with E-state index in [4.69, 9.17) is 20.3 Å². The van der Waals surface area contributed by atoms with Crippen molar-refractivity contribution in [3.63, 3.8) is 0 Å². The molecule has 0 aliphatic carbocycles. The quantitative estimate of drug-likeness (QED) is 0.235. The summed E-state index contributed by atoms with van der Waals surface area (Å²) >= 11 is 2.20. The normalized spacial score (nSPS) is 13.3. The van der Waals surface area contributed by atoms with Crippen molar-refractivity contribution >= 4 is 49.9 Å². The van der Waals surface area contributed by atoms with Gasteiger partial charge in [-0.1, -0.05) is 0 Å². The number of ether oxygens (including phenoxy) is 2. The average molecular weight is 564 g/mol. The lowest BCUT2D eigenvalue weighted by Crippen LogP contribution is -2.16. The van der Waals surface area contributed by atoms with Gasteiger partial charge in [-0.2, -0.15) is 22.8 Å². The fraction of sp³-hybridized carbons (Fsp3) is 0.353. The maximum Gasteiger partial charge on any atom is 0.333 e. The molecule has 31 heavy (non-hydrogen) atoms. The number of nitrogen functional groups attached to an aromatic ring is 1. The SMILES string of the molecule is Nc1nc(F)nc2c1nc(Cc1cc3c(cc1I)OCO3)n2CCCCOS(N)(=O)=O. The average Bonchev–Trinajstić information content (AvgIpc) is 3.25. The van der Waals surface area contributed by atoms with E-state index in [1.165, 1.54) is 0 Å². The number of nitrogens with two attached hydrogens (primary N) is 2. The lowest BCUT2D eigenvalue weighted by molar-refractivity contribution is 0.174. The van der Waals surface area contributed by atoms with E-state index in [0.29, 0.717) is 48.6 Å². The Morgan fingerprint density at radius 3 is 2.68 bits per heavy atom. The Kier molecular flexibility index (Phi) is 6.14. The Morgan fingerprint density at radius 2 is 1.94 bits per heavy atom. The number of anilines is 1. The van der Waals surface area contributed by atoms with Gasteiger partial charge in [-0.25, -0.2) is 10.1 Å². The summed E-state index contributed by atoms with van der Waals surface area (Å²) in [5, 5.41) is 4.83. The Bertz CT molecular complexity index is 1250.